The summed E-state index contributed by atoms with van der Waals surface area (Å²) in [6, 6.07) is 17.1. The Balaban J connectivity index is 1.35. The molecule has 0 aromatic heterocycles. The maximum Gasteiger partial charge on any atom is 0.573 e. The number of hydrogen-bond acceptors (Lipinski definition) is 4. The molecule has 9 heteroatoms. The van der Waals surface area contributed by atoms with Crippen molar-refractivity contribution in [1.82, 2.24) is 0 Å². The summed E-state index contributed by atoms with van der Waals surface area (Å²) in [7, 11) is 0. The van der Waals surface area contributed by atoms with E-state index >= 15 is 0 Å². The van der Waals surface area contributed by atoms with Gasteiger partial charge in [0.15, 0.2) is 11.5 Å². The first kappa shape index (κ1) is 21.1. The first-order valence-corrected chi connectivity index (χ1v) is 9.46. The zero-order valence-electron chi connectivity index (χ0n) is 16.5. The smallest absolute Gasteiger partial charge is 0.454 e. The van der Waals surface area contributed by atoms with Gasteiger partial charge in [0.25, 0.3) is 0 Å². The van der Waals surface area contributed by atoms with Gasteiger partial charge in [0.05, 0.1) is 0 Å². The van der Waals surface area contributed by atoms with Gasteiger partial charge in [-0.3, -0.25) is 0 Å². The van der Waals surface area contributed by atoms with Crippen molar-refractivity contribution in [3.05, 3.63) is 77.9 Å². The van der Waals surface area contributed by atoms with Crippen LogP contribution in [-0.4, -0.2) is 19.2 Å². The van der Waals surface area contributed by atoms with Gasteiger partial charge in [0, 0.05) is 11.4 Å². The Kier molecular flexibility index (Phi) is 5.89. The van der Waals surface area contributed by atoms with Crippen molar-refractivity contribution in [2.45, 2.75) is 6.36 Å². The van der Waals surface area contributed by atoms with Crippen LogP contribution in [0, 0.1) is 0 Å². The highest BCUT2D eigenvalue weighted by Gasteiger charge is 2.30. The normalized spacial score (nSPS) is 12.6. The summed E-state index contributed by atoms with van der Waals surface area (Å²) in [5.41, 5.74) is 2.65. The molecular formula is C23H17F3N2O4. The lowest BCUT2D eigenvalue weighted by molar-refractivity contribution is -0.274. The molecule has 0 saturated carbocycles. The standard InChI is InChI=1S/C23H17F3N2O4/c24-23(25,26)32-19-9-7-17(8-10-19)27-22(29)28-18-3-1-2-15(12-18)4-5-16-6-11-20-21(13-16)31-14-30-20/h1-13H,14H2,(H2,27,28,29)/b5-4+. The van der Waals surface area contributed by atoms with Gasteiger partial charge in [-0.2, -0.15) is 0 Å². The van der Waals surface area contributed by atoms with Crippen LogP contribution in [0.15, 0.2) is 66.7 Å². The second kappa shape index (κ2) is 8.93. The second-order valence-corrected chi connectivity index (χ2v) is 6.72. The lowest BCUT2D eigenvalue weighted by Crippen LogP contribution is -2.19. The largest absolute Gasteiger partial charge is 0.573 e. The molecule has 2 amide bonds. The van der Waals surface area contributed by atoms with E-state index in [0.717, 1.165) is 23.3 Å². The summed E-state index contributed by atoms with van der Waals surface area (Å²) in [4.78, 5) is 12.2. The van der Waals surface area contributed by atoms with Gasteiger partial charge in [-0.25, -0.2) is 4.79 Å². The minimum absolute atomic E-state index is 0.212. The molecule has 0 bridgehead atoms. The average molecular weight is 442 g/mol. The van der Waals surface area contributed by atoms with Crippen molar-refractivity contribution in [1.29, 1.82) is 0 Å². The maximum atomic E-state index is 12.2. The van der Waals surface area contributed by atoms with E-state index in [9.17, 15) is 18.0 Å². The monoisotopic (exact) mass is 442 g/mol. The summed E-state index contributed by atoms with van der Waals surface area (Å²) >= 11 is 0. The van der Waals surface area contributed by atoms with Gasteiger partial charge in [-0.05, 0) is 59.7 Å². The molecule has 4 rings (SSSR count). The predicted molar refractivity (Wildman–Crippen MR) is 114 cm³/mol. The molecule has 164 valence electrons. The van der Waals surface area contributed by atoms with Gasteiger partial charge in [-0.15, -0.1) is 13.2 Å². The zero-order valence-corrected chi connectivity index (χ0v) is 16.5. The highest BCUT2D eigenvalue weighted by molar-refractivity contribution is 6.00. The number of fused-ring (bicyclic) bond motifs is 1. The van der Waals surface area contributed by atoms with Crippen molar-refractivity contribution < 1.29 is 32.2 Å². The van der Waals surface area contributed by atoms with E-state index in [2.05, 4.69) is 15.4 Å². The van der Waals surface area contributed by atoms with Crippen LogP contribution >= 0.6 is 0 Å². The Morgan fingerprint density at radius 2 is 1.53 bits per heavy atom. The van der Waals surface area contributed by atoms with E-state index in [0.29, 0.717) is 22.9 Å². The van der Waals surface area contributed by atoms with Crippen LogP contribution in [0.4, 0.5) is 29.3 Å². The molecule has 0 spiro atoms. The molecule has 32 heavy (non-hydrogen) atoms. The number of alkyl halides is 3. The third kappa shape index (κ3) is 5.72. The molecule has 0 saturated heterocycles. The summed E-state index contributed by atoms with van der Waals surface area (Å²) < 4.78 is 51.1. The van der Waals surface area contributed by atoms with E-state index in [1.807, 2.05) is 36.4 Å². The molecule has 0 unspecified atom stereocenters. The Morgan fingerprint density at radius 3 is 2.28 bits per heavy atom. The van der Waals surface area contributed by atoms with E-state index in [1.54, 1.807) is 18.2 Å². The molecule has 6 nitrogen and oxygen atoms in total. The predicted octanol–water partition coefficient (Wildman–Crippen LogP) is 6.13. The number of halogens is 3. The van der Waals surface area contributed by atoms with Gasteiger partial charge >= 0.3 is 12.4 Å². The van der Waals surface area contributed by atoms with Crippen LogP contribution in [0.3, 0.4) is 0 Å². The molecule has 0 atom stereocenters. The van der Waals surface area contributed by atoms with Crippen LogP contribution in [0.25, 0.3) is 12.2 Å². The molecule has 1 heterocycles. The van der Waals surface area contributed by atoms with Crippen LogP contribution in [0.5, 0.6) is 17.2 Å². The average Bonchev–Trinajstić information content (AvgIpc) is 3.21. The Hall–Kier alpha value is -4.14. The van der Waals surface area contributed by atoms with Crippen molar-refractivity contribution in [3.63, 3.8) is 0 Å². The fourth-order valence-corrected chi connectivity index (χ4v) is 2.96. The second-order valence-electron chi connectivity index (χ2n) is 6.72. The lowest BCUT2D eigenvalue weighted by Gasteiger charge is -2.11. The van der Waals surface area contributed by atoms with Gasteiger partial charge in [0.2, 0.25) is 6.79 Å². The molecule has 3 aromatic rings. The van der Waals surface area contributed by atoms with Crippen LogP contribution in [0.2, 0.25) is 0 Å². The maximum absolute atomic E-state index is 12.2. The summed E-state index contributed by atoms with van der Waals surface area (Å²) in [6.45, 7) is 0.212. The number of carbonyl (C=O) groups excluding carboxylic acids is 1. The first-order valence-electron chi connectivity index (χ1n) is 9.46. The van der Waals surface area contributed by atoms with Gasteiger partial charge in [-0.1, -0.05) is 30.4 Å². The number of hydrogen-bond donors (Lipinski definition) is 2. The Morgan fingerprint density at radius 1 is 0.844 bits per heavy atom. The lowest BCUT2D eigenvalue weighted by atomic mass is 10.1. The van der Waals surface area contributed by atoms with Crippen molar-refractivity contribution in [2.24, 2.45) is 0 Å². The van der Waals surface area contributed by atoms with E-state index < -0.39 is 12.4 Å². The molecule has 3 aromatic carbocycles. The van der Waals surface area contributed by atoms with Crippen LogP contribution in [-0.2, 0) is 0 Å². The fourth-order valence-electron chi connectivity index (χ4n) is 2.96. The number of anilines is 2. The highest BCUT2D eigenvalue weighted by Crippen LogP contribution is 2.33. The number of urea groups is 1. The SMILES string of the molecule is O=C(Nc1ccc(OC(F)(F)F)cc1)Nc1cccc(/C=C/c2ccc3c(c2)OCO3)c1. The van der Waals surface area contributed by atoms with Crippen molar-refractivity contribution in [2.75, 3.05) is 17.4 Å². The molecule has 1 aliphatic rings. The molecule has 0 aliphatic carbocycles. The number of amides is 2. The molecule has 1 aliphatic heterocycles. The van der Waals surface area contributed by atoms with Crippen molar-refractivity contribution in [3.8, 4) is 17.2 Å². The minimum Gasteiger partial charge on any atom is -0.454 e. The topological polar surface area (TPSA) is 68.8 Å². The number of benzene rings is 3. The number of ether oxygens (including phenoxy) is 3. The number of rotatable bonds is 5. The quantitative estimate of drug-likeness (QED) is 0.467. The Bertz CT molecular complexity index is 1140. The van der Waals surface area contributed by atoms with E-state index in [-0.39, 0.29) is 12.5 Å². The zero-order chi connectivity index (χ0) is 22.6. The van der Waals surface area contributed by atoms with Gasteiger partial charge < -0.3 is 24.8 Å². The highest BCUT2D eigenvalue weighted by atomic mass is 19.4. The Labute approximate surface area is 181 Å². The van der Waals surface area contributed by atoms with Crippen LogP contribution in [0.1, 0.15) is 11.1 Å². The van der Waals surface area contributed by atoms with Gasteiger partial charge in [0.1, 0.15) is 5.75 Å². The molecular weight excluding hydrogens is 425 g/mol. The van der Waals surface area contributed by atoms with E-state index in [1.165, 1.54) is 12.1 Å². The number of carbonyl (C=O) groups is 1. The molecule has 0 fully saturated rings. The van der Waals surface area contributed by atoms with Crippen LogP contribution < -0.4 is 24.8 Å². The summed E-state index contributed by atoms with van der Waals surface area (Å²) in [5, 5.41) is 5.24. The molecule has 0 radical (unpaired) electrons. The molecule has 2 N–H and O–H groups in total. The first-order chi connectivity index (χ1) is 15.3. The van der Waals surface area contributed by atoms with Crippen molar-refractivity contribution >= 4 is 29.6 Å². The number of nitrogens with one attached hydrogen (secondary N) is 2. The summed E-state index contributed by atoms with van der Waals surface area (Å²) in [5.74, 6) is 1.03. The minimum atomic E-state index is -4.77. The fraction of sp³-hybridized carbons (Fsp3) is 0.0870. The third-order valence-corrected chi connectivity index (χ3v) is 4.36. The third-order valence-electron chi connectivity index (χ3n) is 4.36. The van der Waals surface area contributed by atoms with E-state index in [4.69, 9.17) is 9.47 Å². The summed E-state index contributed by atoms with van der Waals surface area (Å²) in [6.07, 6.45) is -0.972.